The maximum Gasteiger partial charge on any atom is 0.253 e. The Hall–Kier alpha value is -1.92. The van der Waals surface area contributed by atoms with Gasteiger partial charge in [0, 0.05) is 63.9 Å². The molecule has 0 spiro atoms. The highest BCUT2D eigenvalue weighted by molar-refractivity contribution is 5.94. The number of hydrogen-bond donors (Lipinski definition) is 0. The van der Waals surface area contributed by atoms with E-state index in [1.54, 1.807) is 7.11 Å². The van der Waals surface area contributed by atoms with E-state index in [-0.39, 0.29) is 11.8 Å². The van der Waals surface area contributed by atoms with E-state index in [9.17, 15) is 9.59 Å². The molecule has 4 aliphatic rings. The number of nitrogens with zero attached hydrogens (tertiary/aromatic N) is 3. The van der Waals surface area contributed by atoms with Crippen molar-refractivity contribution in [2.75, 3.05) is 39.8 Å². The van der Waals surface area contributed by atoms with Crippen molar-refractivity contribution in [3.05, 3.63) is 34.9 Å². The Kier molecular flexibility index (Phi) is 7.02. The monoisotopic (exact) mass is 453 g/mol. The summed E-state index contributed by atoms with van der Waals surface area (Å²) in [6, 6.07) is 6.91. The van der Waals surface area contributed by atoms with Crippen LogP contribution >= 0.6 is 0 Å². The van der Waals surface area contributed by atoms with Gasteiger partial charge in [-0.15, -0.1) is 0 Å². The lowest BCUT2D eigenvalue weighted by atomic mass is 9.85. The SMILES string of the molecule is CO[C@H]1CC[C@@H](C(=O)N2CCc3cc(C(=O)N4CCCN(C5CCC5)CC4)ccc3C2)CC1. The number of benzene rings is 1. The van der Waals surface area contributed by atoms with Gasteiger partial charge in [-0.1, -0.05) is 12.5 Å². The van der Waals surface area contributed by atoms with Gasteiger partial charge in [0.05, 0.1) is 6.10 Å². The van der Waals surface area contributed by atoms with E-state index >= 15 is 0 Å². The number of amides is 2. The quantitative estimate of drug-likeness (QED) is 0.701. The van der Waals surface area contributed by atoms with Gasteiger partial charge in [-0.05, 0) is 74.6 Å². The molecule has 180 valence electrons. The molecular formula is C27H39N3O3. The van der Waals surface area contributed by atoms with Crippen molar-refractivity contribution < 1.29 is 14.3 Å². The van der Waals surface area contributed by atoms with E-state index in [2.05, 4.69) is 21.9 Å². The second-order valence-corrected chi connectivity index (χ2v) is 10.5. The van der Waals surface area contributed by atoms with E-state index in [1.807, 2.05) is 11.0 Å². The molecule has 1 saturated heterocycles. The number of carbonyl (C=O) groups is 2. The molecule has 1 aromatic rings. The van der Waals surface area contributed by atoms with Crippen molar-refractivity contribution in [1.29, 1.82) is 0 Å². The van der Waals surface area contributed by atoms with Crippen LogP contribution in [0.1, 0.15) is 72.9 Å². The minimum atomic E-state index is 0.140. The van der Waals surface area contributed by atoms with Crippen LogP contribution in [-0.4, -0.2) is 78.5 Å². The summed E-state index contributed by atoms with van der Waals surface area (Å²) in [4.78, 5) is 33.0. The van der Waals surface area contributed by atoms with Crippen LogP contribution in [0.5, 0.6) is 0 Å². The summed E-state index contributed by atoms with van der Waals surface area (Å²) in [7, 11) is 1.77. The van der Waals surface area contributed by atoms with Crippen LogP contribution < -0.4 is 0 Å². The first kappa shape index (κ1) is 22.9. The van der Waals surface area contributed by atoms with Crippen molar-refractivity contribution in [2.24, 2.45) is 5.92 Å². The molecule has 6 heteroatoms. The lowest BCUT2D eigenvalue weighted by molar-refractivity contribution is -0.138. The van der Waals surface area contributed by atoms with Gasteiger partial charge in [-0.3, -0.25) is 14.5 Å². The molecule has 0 atom stereocenters. The fraction of sp³-hybridized carbons (Fsp3) is 0.704. The van der Waals surface area contributed by atoms with Crippen molar-refractivity contribution in [1.82, 2.24) is 14.7 Å². The molecule has 3 fully saturated rings. The highest BCUT2D eigenvalue weighted by atomic mass is 16.5. The van der Waals surface area contributed by atoms with Crippen LogP contribution in [-0.2, 0) is 22.5 Å². The molecule has 0 radical (unpaired) electrons. The molecule has 5 rings (SSSR count). The van der Waals surface area contributed by atoms with Crippen LogP contribution in [0.15, 0.2) is 18.2 Å². The molecule has 0 unspecified atom stereocenters. The highest BCUT2D eigenvalue weighted by Crippen LogP contribution is 2.30. The zero-order valence-corrected chi connectivity index (χ0v) is 20.1. The van der Waals surface area contributed by atoms with E-state index in [1.165, 1.54) is 30.4 Å². The van der Waals surface area contributed by atoms with Gasteiger partial charge in [0.15, 0.2) is 0 Å². The summed E-state index contributed by atoms with van der Waals surface area (Å²) in [5.41, 5.74) is 3.24. The molecule has 2 aliphatic heterocycles. The lowest BCUT2D eigenvalue weighted by Crippen LogP contribution is -2.43. The van der Waals surface area contributed by atoms with Crippen LogP contribution in [0.4, 0.5) is 0 Å². The number of methoxy groups -OCH3 is 1. The number of fused-ring (bicyclic) bond motifs is 1. The molecule has 2 amide bonds. The standard InChI is InChI=1S/C27H39N3O3/c1-33-25-10-8-20(9-11-25)26(31)30-15-12-21-18-22(6-7-23(21)19-30)27(32)29-14-3-13-28(16-17-29)24-4-2-5-24/h6-7,18,20,24-25H,2-5,8-17,19H2,1H3/t20-,25+. The molecular weight excluding hydrogens is 414 g/mol. The van der Waals surface area contributed by atoms with Crippen molar-refractivity contribution in [3.63, 3.8) is 0 Å². The topological polar surface area (TPSA) is 53.1 Å². The van der Waals surface area contributed by atoms with Gasteiger partial charge in [-0.2, -0.15) is 0 Å². The van der Waals surface area contributed by atoms with E-state index in [0.717, 1.165) is 82.9 Å². The summed E-state index contributed by atoms with van der Waals surface area (Å²) < 4.78 is 5.46. The highest BCUT2D eigenvalue weighted by Gasteiger charge is 2.32. The second-order valence-electron chi connectivity index (χ2n) is 10.5. The lowest BCUT2D eigenvalue weighted by Gasteiger charge is -2.36. The van der Waals surface area contributed by atoms with Gasteiger partial charge < -0.3 is 14.5 Å². The first-order chi connectivity index (χ1) is 16.1. The summed E-state index contributed by atoms with van der Waals surface area (Å²) >= 11 is 0. The average Bonchev–Trinajstić information content (AvgIpc) is 3.07. The molecule has 1 aromatic carbocycles. The van der Waals surface area contributed by atoms with Gasteiger partial charge in [0.2, 0.25) is 5.91 Å². The largest absolute Gasteiger partial charge is 0.381 e. The Labute approximate surface area is 198 Å². The number of hydrogen-bond acceptors (Lipinski definition) is 4. The summed E-state index contributed by atoms with van der Waals surface area (Å²) in [5.74, 6) is 0.610. The summed E-state index contributed by atoms with van der Waals surface area (Å²) in [6.45, 7) is 5.24. The normalized spacial score (nSPS) is 26.9. The molecule has 33 heavy (non-hydrogen) atoms. The predicted octanol–water partition coefficient (Wildman–Crippen LogP) is 3.48. The first-order valence-corrected chi connectivity index (χ1v) is 13.1. The molecule has 2 heterocycles. The number of rotatable bonds is 4. The Balaban J connectivity index is 1.18. The zero-order valence-electron chi connectivity index (χ0n) is 20.1. The smallest absolute Gasteiger partial charge is 0.253 e. The fourth-order valence-corrected chi connectivity index (χ4v) is 6.12. The molecule has 0 aromatic heterocycles. The Morgan fingerprint density at radius 3 is 2.39 bits per heavy atom. The van der Waals surface area contributed by atoms with Crippen LogP contribution in [0.2, 0.25) is 0 Å². The average molecular weight is 454 g/mol. The van der Waals surface area contributed by atoms with Gasteiger partial charge >= 0.3 is 0 Å². The van der Waals surface area contributed by atoms with E-state index in [4.69, 9.17) is 4.74 Å². The number of ether oxygens (including phenoxy) is 1. The molecule has 2 saturated carbocycles. The molecule has 6 nitrogen and oxygen atoms in total. The molecule has 0 bridgehead atoms. The molecule has 0 N–H and O–H groups in total. The van der Waals surface area contributed by atoms with Gasteiger partial charge in [-0.25, -0.2) is 0 Å². The minimum absolute atomic E-state index is 0.140. The summed E-state index contributed by atoms with van der Waals surface area (Å²) in [5, 5.41) is 0. The maximum absolute atomic E-state index is 13.3. The van der Waals surface area contributed by atoms with Crippen molar-refractivity contribution in [3.8, 4) is 0 Å². The maximum atomic E-state index is 13.3. The van der Waals surface area contributed by atoms with Gasteiger partial charge in [0.25, 0.3) is 5.91 Å². The predicted molar refractivity (Wildman–Crippen MR) is 128 cm³/mol. The van der Waals surface area contributed by atoms with Crippen molar-refractivity contribution in [2.45, 2.75) is 76.5 Å². The second kappa shape index (κ2) is 10.1. The Morgan fingerprint density at radius 2 is 1.67 bits per heavy atom. The van der Waals surface area contributed by atoms with Gasteiger partial charge in [0.1, 0.15) is 0 Å². The zero-order chi connectivity index (χ0) is 22.8. The third kappa shape index (κ3) is 4.97. The van der Waals surface area contributed by atoms with Crippen LogP contribution in [0.25, 0.3) is 0 Å². The fourth-order valence-electron chi connectivity index (χ4n) is 6.12. The van der Waals surface area contributed by atoms with E-state index < -0.39 is 0 Å². The van der Waals surface area contributed by atoms with Crippen LogP contribution in [0, 0.1) is 5.92 Å². The molecule has 2 aliphatic carbocycles. The Bertz CT molecular complexity index is 860. The van der Waals surface area contributed by atoms with Crippen LogP contribution in [0.3, 0.4) is 0 Å². The summed E-state index contributed by atoms with van der Waals surface area (Å²) in [6.07, 6.45) is 10.1. The van der Waals surface area contributed by atoms with Crippen molar-refractivity contribution >= 4 is 11.8 Å². The van der Waals surface area contributed by atoms with E-state index in [0.29, 0.717) is 18.6 Å². The third-order valence-corrected chi connectivity index (χ3v) is 8.54. The number of carbonyl (C=O) groups excluding carboxylic acids is 2. The Morgan fingerprint density at radius 1 is 0.848 bits per heavy atom. The minimum Gasteiger partial charge on any atom is -0.381 e. The third-order valence-electron chi connectivity index (χ3n) is 8.54. The first-order valence-electron chi connectivity index (χ1n) is 13.1.